The molecule has 3 amide bonds. The number of nitrogens with one attached hydrogen (secondary N) is 2. The number of carbonyl (C=O) groups excluding carboxylic acids is 2. The summed E-state index contributed by atoms with van der Waals surface area (Å²) in [6.45, 7) is 2.76. The zero-order chi connectivity index (χ0) is 20.1. The van der Waals surface area contributed by atoms with Crippen molar-refractivity contribution in [3.8, 4) is 0 Å². The van der Waals surface area contributed by atoms with Gasteiger partial charge in [-0.05, 0) is 30.5 Å². The third kappa shape index (κ3) is 4.43. The fraction of sp³-hybridized carbons (Fsp3) is 0.391. The average Bonchev–Trinajstić information content (AvgIpc) is 3.13. The number of carbonyl (C=O) groups is 2. The van der Waals surface area contributed by atoms with E-state index in [1.807, 2.05) is 60.7 Å². The summed E-state index contributed by atoms with van der Waals surface area (Å²) in [4.78, 5) is 27.7. The van der Waals surface area contributed by atoms with Gasteiger partial charge in [-0.25, -0.2) is 4.79 Å². The summed E-state index contributed by atoms with van der Waals surface area (Å²) >= 11 is 0. The van der Waals surface area contributed by atoms with Crippen LogP contribution in [0.3, 0.4) is 0 Å². The lowest BCUT2D eigenvalue weighted by atomic mass is 9.71. The smallest absolute Gasteiger partial charge is 0.317 e. The molecule has 0 aromatic heterocycles. The van der Waals surface area contributed by atoms with E-state index < -0.39 is 0 Å². The molecule has 152 valence electrons. The van der Waals surface area contributed by atoms with E-state index in [-0.39, 0.29) is 23.3 Å². The molecule has 2 aromatic rings. The Kier molecular flexibility index (Phi) is 5.81. The standard InChI is InChI=1S/C23H27N3O3/c27-21(25-19-9-5-2-6-10-19)20-16-26(17-23(20)11-13-29-14-12-23)22(28)24-15-18-7-3-1-4-8-18/h1-10,20H,11-17H2,(H,24,28)(H,25,27). The number of likely N-dealkylation sites (tertiary alicyclic amines) is 1. The van der Waals surface area contributed by atoms with E-state index in [0.717, 1.165) is 24.1 Å². The van der Waals surface area contributed by atoms with Crippen LogP contribution in [-0.4, -0.2) is 43.1 Å². The Labute approximate surface area is 171 Å². The summed E-state index contributed by atoms with van der Waals surface area (Å²) < 4.78 is 5.55. The zero-order valence-corrected chi connectivity index (χ0v) is 16.5. The molecule has 2 aromatic carbocycles. The number of anilines is 1. The van der Waals surface area contributed by atoms with Crippen LogP contribution in [0.15, 0.2) is 60.7 Å². The molecule has 1 atom stereocenters. The molecule has 6 heteroatoms. The Morgan fingerprint density at radius 2 is 1.66 bits per heavy atom. The maximum absolute atomic E-state index is 13.1. The highest BCUT2D eigenvalue weighted by Crippen LogP contribution is 2.44. The number of urea groups is 1. The molecular weight excluding hydrogens is 366 g/mol. The van der Waals surface area contributed by atoms with Crippen molar-refractivity contribution in [1.29, 1.82) is 0 Å². The Morgan fingerprint density at radius 1 is 1.00 bits per heavy atom. The maximum atomic E-state index is 13.1. The van der Waals surface area contributed by atoms with E-state index in [4.69, 9.17) is 4.74 Å². The lowest BCUT2D eigenvalue weighted by Crippen LogP contribution is -2.42. The summed E-state index contributed by atoms with van der Waals surface area (Å²) in [5, 5.41) is 6.03. The second-order valence-electron chi connectivity index (χ2n) is 7.91. The van der Waals surface area contributed by atoms with Crippen molar-refractivity contribution in [2.45, 2.75) is 19.4 Å². The number of rotatable bonds is 4. The van der Waals surface area contributed by atoms with Crippen molar-refractivity contribution < 1.29 is 14.3 Å². The predicted molar refractivity (Wildman–Crippen MR) is 111 cm³/mol. The van der Waals surface area contributed by atoms with E-state index in [0.29, 0.717) is 32.8 Å². The summed E-state index contributed by atoms with van der Waals surface area (Å²) in [6.07, 6.45) is 1.59. The molecule has 29 heavy (non-hydrogen) atoms. The van der Waals surface area contributed by atoms with Crippen molar-refractivity contribution >= 4 is 17.6 Å². The van der Waals surface area contributed by atoms with E-state index in [1.165, 1.54) is 0 Å². The van der Waals surface area contributed by atoms with E-state index in [1.54, 1.807) is 4.90 Å². The van der Waals surface area contributed by atoms with Crippen LogP contribution in [0.4, 0.5) is 10.5 Å². The number of para-hydroxylation sites is 1. The van der Waals surface area contributed by atoms with Crippen LogP contribution in [0.5, 0.6) is 0 Å². The van der Waals surface area contributed by atoms with E-state index >= 15 is 0 Å². The van der Waals surface area contributed by atoms with Gasteiger partial charge < -0.3 is 20.3 Å². The van der Waals surface area contributed by atoms with Crippen molar-refractivity contribution in [1.82, 2.24) is 10.2 Å². The Bertz CT molecular complexity index is 835. The minimum atomic E-state index is -0.242. The van der Waals surface area contributed by atoms with E-state index in [2.05, 4.69) is 10.6 Å². The molecule has 0 aliphatic carbocycles. The highest BCUT2D eigenvalue weighted by molar-refractivity contribution is 5.94. The van der Waals surface area contributed by atoms with Crippen LogP contribution in [-0.2, 0) is 16.1 Å². The highest BCUT2D eigenvalue weighted by Gasteiger charge is 2.51. The molecule has 2 heterocycles. The first-order valence-corrected chi connectivity index (χ1v) is 10.2. The second-order valence-corrected chi connectivity index (χ2v) is 7.91. The normalized spacial score (nSPS) is 20.4. The van der Waals surface area contributed by atoms with Gasteiger partial charge in [0, 0.05) is 44.0 Å². The van der Waals surface area contributed by atoms with Gasteiger partial charge in [0.05, 0.1) is 5.92 Å². The quantitative estimate of drug-likeness (QED) is 0.838. The van der Waals surface area contributed by atoms with E-state index in [9.17, 15) is 9.59 Å². The summed E-state index contributed by atoms with van der Waals surface area (Å²) in [7, 11) is 0. The zero-order valence-electron chi connectivity index (χ0n) is 16.5. The monoisotopic (exact) mass is 393 g/mol. The molecule has 0 bridgehead atoms. The minimum absolute atomic E-state index is 0.0172. The molecule has 2 N–H and O–H groups in total. The fourth-order valence-corrected chi connectivity index (χ4v) is 4.41. The number of nitrogens with zero attached hydrogens (tertiary/aromatic N) is 1. The van der Waals surface area contributed by atoms with Crippen LogP contribution >= 0.6 is 0 Å². The van der Waals surface area contributed by atoms with Gasteiger partial charge in [-0.15, -0.1) is 0 Å². The van der Waals surface area contributed by atoms with Crippen LogP contribution in [0.1, 0.15) is 18.4 Å². The molecule has 0 radical (unpaired) electrons. The number of hydrogen-bond acceptors (Lipinski definition) is 3. The number of ether oxygens (including phenoxy) is 1. The molecule has 0 saturated carbocycles. The number of amides is 3. The molecule has 1 spiro atoms. The SMILES string of the molecule is O=C(Nc1ccccc1)C1CN(C(=O)NCc2ccccc2)CC12CCOCC2. The second kappa shape index (κ2) is 8.66. The summed E-state index contributed by atoms with van der Waals surface area (Å²) in [5.74, 6) is -0.259. The molecule has 2 saturated heterocycles. The Balaban J connectivity index is 1.45. The first kappa shape index (κ1) is 19.5. The first-order chi connectivity index (χ1) is 14.2. The molecule has 2 aliphatic rings. The number of hydrogen-bond donors (Lipinski definition) is 2. The van der Waals surface area contributed by atoms with Gasteiger partial charge >= 0.3 is 6.03 Å². The summed E-state index contributed by atoms with van der Waals surface area (Å²) in [6, 6.07) is 19.2. The van der Waals surface area contributed by atoms with Gasteiger partial charge in [-0.1, -0.05) is 48.5 Å². The van der Waals surface area contributed by atoms with Crippen LogP contribution < -0.4 is 10.6 Å². The molecule has 4 rings (SSSR count). The van der Waals surface area contributed by atoms with Crippen molar-refractivity contribution in [3.63, 3.8) is 0 Å². The lowest BCUT2D eigenvalue weighted by molar-refractivity contribution is -0.124. The third-order valence-corrected chi connectivity index (χ3v) is 6.07. The van der Waals surface area contributed by atoms with Gasteiger partial charge in [0.1, 0.15) is 0 Å². The number of benzene rings is 2. The first-order valence-electron chi connectivity index (χ1n) is 10.2. The van der Waals surface area contributed by atoms with Gasteiger partial charge in [-0.3, -0.25) is 4.79 Å². The molecule has 1 unspecified atom stereocenters. The topological polar surface area (TPSA) is 70.7 Å². The largest absolute Gasteiger partial charge is 0.381 e. The summed E-state index contributed by atoms with van der Waals surface area (Å²) in [5.41, 5.74) is 1.62. The third-order valence-electron chi connectivity index (χ3n) is 6.07. The van der Waals surface area contributed by atoms with Gasteiger partial charge in [0.25, 0.3) is 0 Å². The van der Waals surface area contributed by atoms with Crippen molar-refractivity contribution in [2.24, 2.45) is 11.3 Å². The van der Waals surface area contributed by atoms with Crippen molar-refractivity contribution in [3.05, 3.63) is 66.2 Å². The maximum Gasteiger partial charge on any atom is 0.317 e. The lowest BCUT2D eigenvalue weighted by Gasteiger charge is -2.37. The predicted octanol–water partition coefficient (Wildman–Crippen LogP) is 3.26. The molecule has 2 fully saturated rings. The van der Waals surface area contributed by atoms with Gasteiger partial charge in [-0.2, -0.15) is 0 Å². The highest BCUT2D eigenvalue weighted by atomic mass is 16.5. The van der Waals surface area contributed by atoms with Crippen LogP contribution in [0.2, 0.25) is 0 Å². The molecular formula is C23H27N3O3. The van der Waals surface area contributed by atoms with Gasteiger partial charge in [0.2, 0.25) is 5.91 Å². The molecule has 2 aliphatic heterocycles. The van der Waals surface area contributed by atoms with Crippen LogP contribution in [0.25, 0.3) is 0 Å². The minimum Gasteiger partial charge on any atom is -0.381 e. The fourth-order valence-electron chi connectivity index (χ4n) is 4.41. The molecule has 6 nitrogen and oxygen atoms in total. The Morgan fingerprint density at radius 3 is 2.34 bits per heavy atom. The van der Waals surface area contributed by atoms with Crippen molar-refractivity contribution in [2.75, 3.05) is 31.6 Å². The van der Waals surface area contributed by atoms with Gasteiger partial charge in [0.15, 0.2) is 0 Å². The average molecular weight is 393 g/mol. The van der Waals surface area contributed by atoms with Crippen LogP contribution in [0, 0.1) is 11.3 Å². The Hall–Kier alpha value is -2.86.